The molecule has 4 aromatic carbocycles. The number of benzene rings is 4. The molecule has 0 saturated carbocycles. The summed E-state index contributed by atoms with van der Waals surface area (Å²) in [5.74, 6) is 0. The van der Waals surface area contributed by atoms with Crippen LogP contribution in [0.2, 0.25) is 0 Å². The van der Waals surface area contributed by atoms with Crippen molar-refractivity contribution in [3.63, 3.8) is 0 Å². The second-order valence-corrected chi connectivity index (χ2v) is 16.3. The molecule has 0 amide bonds. The molecule has 265 valence electrons. The van der Waals surface area contributed by atoms with Gasteiger partial charge in [-0.15, -0.1) is 64.9 Å². The monoisotopic (exact) mass is 877 g/mol. The Balaban J connectivity index is 0.000000244. The van der Waals surface area contributed by atoms with Gasteiger partial charge in [-0.1, -0.05) is 86.7 Å². The third kappa shape index (κ3) is 7.55. The van der Waals surface area contributed by atoms with E-state index in [1.807, 2.05) is 18.3 Å². The summed E-state index contributed by atoms with van der Waals surface area (Å²) in [5, 5.41) is 3.50. The quantitative estimate of drug-likeness (QED) is 0.165. The third-order valence-corrected chi connectivity index (χ3v) is 10.6. The summed E-state index contributed by atoms with van der Waals surface area (Å²) in [6.07, 6.45) is 4.93. The van der Waals surface area contributed by atoms with Crippen molar-refractivity contribution in [2.75, 3.05) is 0 Å². The zero-order valence-corrected chi connectivity index (χ0v) is 34.6. The molecule has 1 radical (unpaired) electrons. The van der Waals surface area contributed by atoms with Crippen LogP contribution in [0, 0.1) is 59.1 Å². The van der Waals surface area contributed by atoms with Crippen LogP contribution in [0.5, 0.6) is 0 Å². The number of hydrogen-bond donors (Lipinski definition) is 0. The van der Waals surface area contributed by atoms with Crippen LogP contribution in [0.25, 0.3) is 65.7 Å². The molecule has 0 fully saturated rings. The first-order valence-electron chi connectivity index (χ1n) is 17.6. The molecule has 0 atom stereocenters. The van der Waals surface area contributed by atoms with E-state index < -0.39 is 0 Å². The Labute approximate surface area is 325 Å². The smallest absolute Gasteiger partial charge is 0.138 e. The van der Waals surface area contributed by atoms with Crippen LogP contribution in [-0.4, -0.2) is 9.97 Å². The van der Waals surface area contributed by atoms with Crippen LogP contribution in [0.3, 0.4) is 0 Å². The van der Waals surface area contributed by atoms with Crippen LogP contribution >= 0.6 is 11.3 Å². The number of aromatic nitrogens is 2. The Bertz CT molecular complexity index is 2530. The first kappa shape index (κ1) is 37.3. The number of fused-ring (bicyclic) bond motifs is 5. The van der Waals surface area contributed by atoms with Crippen LogP contribution < -0.4 is 0 Å². The third-order valence-electron chi connectivity index (χ3n) is 9.54. The van der Waals surface area contributed by atoms with Gasteiger partial charge in [0.15, 0.2) is 0 Å². The number of furan rings is 1. The van der Waals surface area contributed by atoms with Crippen LogP contribution in [0.1, 0.15) is 59.0 Å². The first-order chi connectivity index (χ1) is 24.4. The van der Waals surface area contributed by atoms with E-state index in [9.17, 15) is 0 Å². The number of nitrogens with zero attached hydrogens (tertiary/aromatic N) is 2. The van der Waals surface area contributed by atoms with Gasteiger partial charge in [-0.3, -0.25) is 0 Å². The molecule has 4 aromatic heterocycles. The SMILES string of the molecule is Cc1c[c-]c(-c2cc(C)c(C)cn2)cc1.Cc1cc2ccc3c4cc[c-]c(-c5cc(CC(C)(C)C)c(-c6c(C)cccc6C)cn5)c4oc3c2s1.[Ir]. The minimum atomic E-state index is 0. The van der Waals surface area contributed by atoms with Gasteiger partial charge in [-0.25, -0.2) is 0 Å². The summed E-state index contributed by atoms with van der Waals surface area (Å²) in [6.45, 7) is 19.6. The first-order valence-corrected chi connectivity index (χ1v) is 18.4. The van der Waals surface area contributed by atoms with Crippen molar-refractivity contribution in [1.82, 2.24) is 9.97 Å². The summed E-state index contributed by atoms with van der Waals surface area (Å²) in [5.41, 5.74) is 16.0. The molecule has 0 aliphatic carbocycles. The fraction of sp³-hybridized carbons (Fsp3) is 0.234. The summed E-state index contributed by atoms with van der Waals surface area (Å²) in [7, 11) is 0. The minimum absolute atomic E-state index is 0. The van der Waals surface area contributed by atoms with E-state index in [1.54, 1.807) is 11.3 Å². The summed E-state index contributed by atoms with van der Waals surface area (Å²) >= 11 is 1.79. The Morgan fingerprint density at radius 3 is 2.13 bits per heavy atom. The number of thiophene rings is 1. The van der Waals surface area contributed by atoms with E-state index in [0.717, 1.165) is 50.9 Å². The van der Waals surface area contributed by atoms with Crippen molar-refractivity contribution in [2.24, 2.45) is 5.41 Å². The Morgan fingerprint density at radius 1 is 0.712 bits per heavy atom. The number of rotatable bonds is 4. The summed E-state index contributed by atoms with van der Waals surface area (Å²) < 4.78 is 7.80. The molecule has 4 heterocycles. The zero-order valence-electron chi connectivity index (χ0n) is 31.4. The Kier molecular flexibility index (Phi) is 10.7. The second kappa shape index (κ2) is 14.9. The topological polar surface area (TPSA) is 38.9 Å². The number of aryl methyl sites for hydroxylation is 6. The number of pyridine rings is 2. The van der Waals surface area contributed by atoms with Crippen LogP contribution in [0.4, 0.5) is 0 Å². The molecule has 0 aliphatic heterocycles. The molecule has 5 heteroatoms. The maximum absolute atomic E-state index is 6.60. The van der Waals surface area contributed by atoms with E-state index in [2.05, 4.69) is 152 Å². The van der Waals surface area contributed by atoms with E-state index in [1.165, 1.54) is 59.5 Å². The maximum Gasteiger partial charge on any atom is 0.138 e. The predicted octanol–water partition coefficient (Wildman–Crippen LogP) is 13.3. The van der Waals surface area contributed by atoms with Gasteiger partial charge in [0, 0.05) is 48.3 Å². The van der Waals surface area contributed by atoms with Gasteiger partial charge in [0.05, 0.1) is 10.3 Å². The molecule has 0 unspecified atom stereocenters. The Hall–Kier alpha value is -4.41. The van der Waals surface area contributed by atoms with E-state index in [0.29, 0.717) is 0 Å². The maximum atomic E-state index is 6.60. The van der Waals surface area contributed by atoms with Crippen molar-refractivity contribution >= 4 is 43.4 Å². The van der Waals surface area contributed by atoms with Gasteiger partial charge in [0.1, 0.15) is 5.58 Å². The largest absolute Gasteiger partial charge is 0.499 e. The van der Waals surface area contributed by atoms with Gasteiger partial charge >= 0.3 is 0 Å². The molecule has 0 saturated heterocycles. The molecule has 0 spiro atoms. The molecular weight excluding hydrogens is 833 g/mol. The fourth-order valence-corrected chi connectivity index (χ4v) is 7.86. The van der Waals surface area contributed by atoms with Crippen molar-refractivity contribution < 1.29 is 24.5 Å². The molecule has 0 aliphatic rings. The predicted molar refractivity (Wildman–Crippen MR) is 217 cm³/mol. The van der Waals surface area contributed by atoms with Gasteiger partial charge in [0.2, 0.25) is 0 Å². The van der Waals surface area contributed by atoms with E-state index >= 15 is 0 Å². The average molecular weight is 877 g/mol. The fourth-order valence-electron chi connectivity index (χ4n) is 6.86. The van der Waals surface area contributed by atoms with E-state index in [4.69, 9.17) is 9.40 Å². The molecule has 3 nitrogen and oxygen atoms in total. The second-order valence-electron chi connectivity index (χ2n) is 15.1. The molecule has 0 N–H and O–H groups in total. The van der Waals surface area contributed by atoms with Crippen LogP contribution in [0.15, 0.2) is 95.7 Å². The molecule has 8 aromatic rings. The standard InChI is InChI=1S/C33H30NOS.C14H14N.Ir/c1-19-9-7-10-20(2)29(19)27-18-34-28(16-23(27)17-33(4,5)6)26-12-8-11-24-25-14-13-22-15-21(3)36-32(22)31(25)35-30(24)26;1-10-4-6-13(7-5-10)14-8-11(2)12(3)9-15-14;/h7-11,13-16,18H,17H2,1-6H3;4-6,8-9H,1-3H3;/q2*-1;. The van der Waals surface area contributed by atoms with Gasteiger partial charge in [0.25, 0.3) is 0 Å². The van der Waals surface area contributed by atoms with Crippen molar-refractivity contribution in [3.05, 3.63) is 142 Å². The summed E-state index contributed by atoms with van der Waals surface area (Å²) in [4.78, 5) is 10.7. The normalized spacial score (nSPS) is 11.5. The van der Waals surface area contributed by atoms with Gasteiger partial charge in [-0.2, -0.15) is 0 Å². The zero-order chi connectivity index (χ0) is 36.0. The van der Waals surface area contributed by atoms with Gasteiger partial charge in [-0.05, 0) is 97.1 Å². The summed E-state index contributed by atoms with van der Waals surface area (Å²) in [6, 6.07) is 34.4. The van der Waals surface area contributed by atoms with Crippen molar-refractivity contribution in [2.45, 2.75) is 68.7 Å². The van der Waals surface area contributed by atoms with Crippen molar-refractivity contribution in [3.8, 4) is 33.6 Å². The molecule has 0 bridgehead atoms. The van der Waals surface area contributed by atoms with E-state index in [-0.39, 0.29) is 25.5 Å². The van der Waals surface area contributed by atoms with Crippen LogP contribution in [-0.2, 0) is 26.5 Å². The van der Waals surface area contributed by atoms with Gasteiger partial charge < -0.3 is 14.4 Å². The molecule has 52 heavy (non-hydrogen) atoms. The number of hydrogen-bond acceptors (Lipinski definition) is 4. The van der Waals surface area contributed by atoms with Crippen molar-refractivity contribution in [1.29, 1.82) is 0 Å². The Morgan fingerprint density at radius 2 is 1.44 bits per heavy atom. The average Bonchev–Trinajstić information content (AvgIpc) is 3.66. The molecule has 8 rings (SSSR count). The molecular formula is C47H44IrN2OS-2. The minimum Gasteiger partial charge on any atom is -0.499 e.